The molecule has 0 fully saturated rings. The van der Waals surface area contributed by atoms with Gasteiger partial charge in [0.25, 0.3) is 5.91 Å². The minimum atomic E-state index is -0.341. The van der Waals surface area contributed by atoms with Gasteiger partial charge in [-0.05, 0) is 56.9 Å². The first-order valence-electron chi connectivity index (χ1n) is 7.57. The summed E-state index contributed by atoms with van der Waals surface area (Å²) in [6, 6.07) is 6.80. The lowest BCUT2D eigenvalue weighted by Crippen LogP contribution is -2.42. The van der Waals surface area contributed by atoms with Gasteiger partial charge in [-0.2, -0.15) is 0 Å². The topological polar surface area (TPSA) is 67.4 Å². The normalized spacial score (nSPS) is 16.6. The van der Waals surface area contributed by atoms with E-state index in [1.165, 1.54) is 0 Å². The van der Waals surface area contributed by atoms with Gasteiger partial charge in [-0.3, -0.25) is 20.4 Å². The van der Waals surface area contributed by atoms with E-state index in [1.807, 2.05) is 13.8 Å². The molecule has 22 heavy (non-hydrogen) atoms. The summed E-state index contributed by atoms with van der Waals surface area (Å²) in [6.45, 7) is 3.88. The largest absolute Gasteiger partial charge is 0.491 e. The van der Waals surface area contributed by atoms with E-state index in [2.05, 4.69) is 23.0 Å². The first-order chi connectivity index (χ1) is 10.5. The van der Waals surface area contributed by atoms with Gasteiger partial charge in [0.2, 0.25) is 5.91 Å². The number of rotatable bonds is 5. The third-order valence-electron chi connectivity index (χ3n) is 3.36. The first kappa shape index (κ1) is 16.1. The van der Waals surface area contributed by atoms with Crippen LogP contribution in [0.5, 0.6) is 5.75 Å². The van der Waals surface area contributed by atoms with Crippen LogP contribution in [0.25, 0.3) is 0 Å². The summed E-state index contributed by atoms with van der Waals surface area (Å²) in [5, 5.41) is 0. The molecule has 0 saturated carbocycles. The van der Waals surface area contributed by atoms with Crippen molar-refractivity contribution in [2.24, 2.45) is 5.92 Å². The molecule has 0 spiro atoms. The molecule has 1 atom stereocenters. The number of amides is 2. The van der Waals surface area contributed by atoms with E-state index < -0.39 is 0 Å². The lowest BCUT2D eigenvalue weighted by atomic mass is 10.1. The van der Waals surface area contributed by atoms with E-state index >= 15 is 0 Å². The number of benzene rings is 1. The molecule has 2 rings (SSSR count). The number of carbonyl (C=O) groups is 2. The minimum Gasteiger partial charge on any atom is -0.491 e. The molecule has 0 aromatic heterocycles. The Balaban J connectivity index is 1.78. The summed E-state index contributed by atoms with van der Waals surface area (Å²) in [5.74, 6) is 0.476. The molecule has 1 aromatic carbocycles. The highest BCUT2D eigenvalue weighted by molar-refractivity contribution is 5.95. The number of hydrogen-bond acceptors (Lipinski definition) is 3. The molecule has 1 aromatic rings. The maximum absolute atomic E-state index is 11.9. The van der Waals surface area contributed by atoms with Crippen LogP contribution in [-0.4, -0.2) is 17.9 Å². The van der Waals surface area contributed by atoms with Crippen molar-refractivity contribution in [2.45, 2.75) is 39.2 Å². The Hall–Kier alpha value is -2.30. The lowest BCUT2D eigenvalue weighted by Gasteiger charge is -2.11. The van der Waals surface area contributed by atoms with Crippen LogP contribution in [0.1, 0.15) is 43.5 Å². The van der Waals surface area contributed by atoms with Gasteiger partial charge >= 0.3 is 0 Å². The third kappa shape index (κ3) is 4.91. The van der Waals surface area contributed by atoms with Crippen molar-refractivity contribution in [3.8, 4) is 5.75 Å². The highest BCUT2D eigenvalue weighted by Gasteiger charge is 2.14. The smallest absolute Gasteiger partial charge is 0.269 e. The van der Waals surface area contributed by atoms with Crippen molar-refractivity contribution in [2.75, 3.05) is 0 Å². The summed E-state index contributed by atoms with van der Waals surface area (Å²) in [7, 11) is 0. The first-order valence-corrected chi connectivity index (χ1v) is 7.57. The predicted molar refractivity (Wildman–Crippen MR) is 84.3 cm³/mol. The number of hydrazine groups is 1. The molecule has 118 valence electrons. The van der Waals surface area contributed by atoms with Crippen LogP contribution in [0.15, 0.2) is 36.4 Å². The molecule has 0 unspecified atom stereocenters. The maximum Gasteiger partial charge on any atom is 0.269 e. The zero-order valence-corrected chi connectivity index (χ0v) is 13.0. The SMILES string of the molecule is CC(C)Oc1ccc(C(=O)NNC(=O)C[C@H]2C=CCC2)cc1. The van der Waals surface area contributed by atoms with Gasteiger partial charge in [0.15, 0.2) is 0 Å². The highest BCUT2D eigenvalue weighted by Crippen LogP contribution is 2.19. The summed E-state index contributed by atoms with van der Waals surface area (Å²) < 4.78 is 5.51. The summed E-state index contributed by atoms with van der Waals surface area (Å²) in [4.78, 5) is 23.7. The summed E-state index contributed by atoms with van der Waals surface area (Å²) in [6.07, 6.45) is 6.64. The molecule has 0 saturated heterocycles. The number of hydrogen-bond donors (Lipinski definition) is 2. The monoisotopic (exact) mass is 302 g/mol. The molecule has 2 N–H and O–H groups in total. The van der Waals surface area contributed by atoms with Gasteiger partial charge in [0.1, 0.15) is 5.75 Å². The molecular weight excluding hydrogens is 280 g/mol. The van der Waals surface area contributed by atoms with Crippen LogP contribution in [0.4, 0.5) is 0 Å². The van der Waals surface area contributed by atoms with E-state index in [0.717, 1.165) is 12.8 Å². The van der Waals surface area contributed by atoms with Gasteiger partial charge in [-0.15, -0.1) is 0 Å². The number of ether oxygens (including phenoxy) is 1. The second-order valence-electron chi connectivity index (χ2n) is 5.66. The number of nitrogens with one attached hydrogen (secondary N) is 2. The molecule has 0 heterocycles. The van der Waals surface area contributed by atoms with Crippen LogP contribution in [-0.2, 0) is 4.79 Å². The second kappa shape index (κ2) is 7.64. The Morgan fingerprint density at radius 1 is 1.23 bits per heavy atom. The Kier molecular flexibility index (Phi) is 5.58. The Morgan fingerprint density at radius 2 is 1.95 bits per heavy atom. The molecule has 0 radical (unpaired) electrons. The van der Waals surface area contributed by atoms with Gasteiger partial charge < -0.3 is 4.74 Å². The fourth-order valence-electron chi connectivity index (χ4n) is 2.31. The van der Waals surface area contributed by atoms with E-state index in [1.54, 1.807) is 24.3 Å². The predicted octanol–water partition coefficient (Wildman–Crippen LogP) is 2.59. The highest BCUT2D eigenvalue weighted by atomic mass is 16.5. The van der Waals surface area contributed by atoms with Crippen molar-refractivity contribution >= 4 is 11.8 Å². The standard InChI is InChI=1S/C17H22N2O3/c1-12(2)22-15-9-7-14(8-10-15)17(21)19-18-16(20)11-13-5-3-4-6-13/h3,5,7-10,12-13H,4,6,11H2,1-2H3,(H,18,20)(H,19,21)/t13-/m0/s1. The van der Waals surface area contributed by atoms with E-state index in [9.17, 15) is 9.59 Å². The number of carbonyl (C=O) groups excluding carboxylic acids is 2. The maximum atomic E-state index is 11.9. The summed E-state index contributed by atoms with van der Waals surface area (Å²) >= 11 is 0. The zero-order chi connectivity index (χ0) is 15.9. The molecule has 0 bridgehead atoms. The van der Waals surface area contributed by atoms with E-state index in [4.69, 9.17) is 4.74 Å². The van der Waals surface area contributed by atoms with Crippen molar-refractivity contribution in [3.63, 3.8) is 0 Å². The quantitative estimate of drug-likeness (QED) is 0.649. The van der Waals surface area contributed by atoms with Crippen molar-refractivity contribution in [1.29, 1.82) is 0 Å². The van der Waals surface area contributed by atoms with Gasteiger partial charge in [-0.25, -0.2) is 0 Å². The molecule has 1 aliphatic rings. The van der Waals surface area contributed by atoms with Crippen LogP contribution in [0, 0.1) is 5.92 Å². The fraction of sp³-hybridized carbons (Fsp3) is 0.412. The average Bonchev–Trinajstić information content (AvgIpc) is 2.98. The third-order valence-corrected chi connectivity index (χ3v) is 3.36. The minimum absolute atomic E-state index is 0.0867. The van der Waals surface area contributed by atoms with E-state index in [0.29, 0.717) is 17.7 Å². The van der Waals surface area contributed by atoms with Gasteiger partial charge in [0, 0.05) is 12.0 Å². The molecule has 0 aliphatic heterocycles. The average molecular weight is 302 g/mol. The molecule has 5 nitrogen and oxygen atoms in total. The molecule has 5 heteroatoms. The molecular formula is C17H22N2O3. The lowest BCUT2D eigenvalue weighted by molar-refractivity contribution is -0.122. The number of allylic oxidation sites excluding steroid dienone is 2. The van der Waals surface area contributed by atoms with Crippen LogP contribution < -0.4 is 15.6 Å². The Labute approximate surface area is 130 Å². The Morgan fingerprint density at radius 3 is 2.55 bits per heavy atom. The van der Waals surface area contributed by atoms with Gasteiger partial charge in [0.05, 0.1) is 6.10 Å². The summed E-state index contributed by atoms with van der Waals surface area (Å²) in [5.41, 5.74) is 5.35. The van der Waals surface area contributed by atoms with Crippen molar-refractivity contribution in [1.82, 2.24) is 10.9 Å². The van der Waals surface area contributed by atoms with Gasteiger partial charge in [-0.1, -0.05) is 12.2 Å². The molecule has 2 amide bonds. The zero-order valence-electron chi connectivity index (χ0n) is 13.0. The van der Waals surface area contributed by atoms with Crippen LogP contribution >= 0.6 is 0 Å². The Bertz CT molecular complexity index is 550. The van der Waals surface area contributed by atoms with E-state index in [-0.39, 0.29) is 23.8 Å². The van der Waals surface area contributed by atoms with Crippen molar-refractivity contribution in [3.05, 3.63) is 42.0 Å². The fourth-order valence-corrected chi connectivity index (χ4v) is 2.31. The molecule has 1 aliphatic carbocycles. The van der Waals surface area contributed by atoms with Crippen LogP contribution in [0.2, 0.25) is 0 Å². The van der Waals surface area contributed by atoms with Crippen molar-refractivity contribution < 1.29 is 14.3 Å². The second-order valence-corrected chi connectivity index (χ2v) is 5.66. The van der Waals surface area contributed by atoms with Crippen LogP contribution in [0.3, 0.4) is 0 Å².